The number of carbonyl (C=O) groups is 2. The topological polar surface area (TPSA) is 86.8 Å². The van der Waals surface area contributed by atoms with Crippen molar-refractivity contribution in [1.82, 2.24) is 10.2 Å². The summed E-state index contributed by atoms with van der Waals surface area (Å²) in [6, 6.07) is 23.4. The summed E-state index contributed by atoms with van der Waals surface area (Å²) >= 11 is 0. The van der Waals surface area contributed by atoms with Crippen LogP contribution in [0.3, 0.4) is 0 Å². The fourth-order valence-electron chi connectivity index (χ4n) is 4.18. The third kappa shape index (κ3) is 7.92. The van der Waals surface area contributed by atoms with Crippen molar-refractivity contribution < 1.29 is 18.0 Å². The number of hydrogen-bond acceptors (Lipinski definition) is 4. The highest BCUT2D eigenvalue weighted by molar-refractivity contribution is 7.92. The Morgan fingerprint density at radius 2 is 1.51 bits per heavy atom. The van der Waals surface area contributed by atoms with E-state index in [1.54, 1.807) is 24.3 Å². The minimum atomic E-state index is -3.77. The number of anilines is 1. The summed E-state index contributed by atoms with van der Waals surface area (Å²) in [6.07, 6.45) is 1.38. The lowest BCUT2D eigenvalue weighted by Crippen LogP contribution is -2.53. The lowest BCUT2D eigenvalue weighted by molar-refractivity contribution is -0.140. The fraction of sp³-hybridized carbons (Fsp3) is 0.310. The first-order valence-electron chi connectivity index (χ1n) is 12.3. The molecule has 7 nitrogen and oxygen atoms in total. The van der Waals surface area contributed by atoms with E-state index in [0.717, 1.165) is 32.8 Å². The highest BCUT2D eigenvalue weighted by Gasteiger charge is 2.32. The molecule has 0 bridgehead atoms. The maximum absolute atomic E-state index is 13.9. The number of nitrogens with zero attached hydrogens (tertiary/aromatic N) is 2. The number of sulfonamides is 1. The van der Waals surface area contributed by atoms with Gasteiger partial charge in [-0.15, -0.1) is 0 Å². The van der Waals surface area contributed by atoms with Gasteiger partial charge in [0.15, 0.2) is 0 Å². The van der Waals surface area contributed by atoms with Gasteiger partial charge in [0.1, 0.15) is 12.6 Å². The highest BCUT2D eigenvalue weighted by atomic mass is 32.2. The molecule has 196 valence electrons. The largest absolute Gasteiger partial charge is 0.355 e. The summed E-state index contributed by atoms with van der Waals surface area (Å²) in [5.74, 6) is -0.742. The van der Waals surface area contributed by atoms with Gasteiger partial charge in [-0.05, 0) is 44.0 Å². The van der Waals surface area contributed by atoms with E-state index >= 15 is 0 Å². The second kappa shape index (κ2) is 12.5. The van der Waals surface area contributed by atoms with Gasteiger partial charge in [0.05, 0.1) is 11.9 Å². The van der Waals surface area contributed by atoms with E-state index in [0.29, 0.717) is 18.7 Å². The van der Waals surface area contributed by atoms with E-state index < -0.39 is 28.5 Å². The molecule has 3 aromatic carbocycles. The van der Waals surface area contributed by atoms with Gasteiger partial charge in [-0.25, -0.2) is 8.42 Å². The molecule has 0 spiro atoms. The zero-order chi connectivity index (χ0) is 27.0. The van der Waals surface area contributed by atoms with E-state index in [1.807, 2.05) is 75.4 Å². The van der Waals surface area contributed by atoms with Crippen LogP contribution in [0.1, 0.15) is 29.2 Å². The van der Waals surface area contributed by atoms with Crippen molar-refractivity contribution in [2.75, 3.05) is 23.7 Å². The highest BCUT2D eigenvalue weighted by Crippen LogP contribution is 2.21. The van der Waals surface area contributed by atoms with Crippen molar-refractivity contribution in [3.63, 3.8) is 0 Å². The number of aryl methyl sites for hydroxylation is 2. The fourth-order valence-corrected chi connectivity index (χ4v) is 5.03. The van der Waals surface area contributed by atoms with Gasteiger partial charge in [-0.1, -0.05) is 77.9 Å². The molecular formula is C29H35N3O4S. The number of nitrogens with one attached hydrogen (secondary N) is 1. The SMILES string of the molecule is CCNC(=O)C(Cc1ccccc1)N(Cc1cccc(C)c1)C(=O)CN(c1ccc(C)cc1)S(C)(=O)=O. The number of carbonyl (C=O) groups excluding carboxylic acids is 2. The molecule has 3 aromatic rings. The van der Waals surface area contributed by atoms with E-state index in [1.165, 1.54) is 4.90 Å². The third-order valence-electron chi connectivity index (χ3n) is 6.06. The van der Waals surface area contributed by atoms with Crippen molar-refractivity contribution in [3.05, 3.63) is 101 Å². The Hall–Kier alpha value is -3.65. The van der Waals surface area contributed by atoms with Crippen LogP contribution in [0.5, 0.6) is 0 Å². The van der Waals surface area contributed by atoms with Crippen LogP contribution in [0.25, 0.3) is 0 Å². The molecule has 3 rings (SSSR count). The van der Waals surface area contributed by atoms with Crippen LogP contribution >= 0.6 is 0 Å². The Kier molecular flexibility index (Phi) is 9.47. The van der Waals surface area contributed by atoms with Crippen LogP contribution in [0.2, 0.25) is 0 Å². The third-order valence-corrected chi connectivity index (χ3v) is 7.20. The maximum Gasteiger partial charge on any atom is 0.244 e. The quantitative estimate of drug-likeness (QED) is 0.415. The molecule has 0 fully saturated rings. The number of likely N-dealkylation sites (N-methyl/N-ethyl adjacent to an activating group) is 1. The monoisotopic (exact) mass is 521 g/mol. The molecule has 8 heteroatoms. The molecule has 0 heterocycles. The molecule has 0 saturated heterocycles. The minimum Gasteiger partial charge on any atom is -0.355 e. The zero-order valence-electron chi connectivity index (χ0n) is 21.8. The van der Waals surface area contributed by atoms with Crippen molar-refractivity contribution in [2.24, 2.45) is 0 Å². The first-order chi connectivity index (χ1) is 17.6. The number of rotatable bonds is 11. The first kappa shape index (κ1) is 27.9. The summed E-state index contributed by atoms with van der Waals surface area (Å²) in [7, 11) is -3.77. The maximum atomic E-state index is 13.9. The molecule has 1 atom stereocenters. The number of hydrogen-bond donors (Lipinski definition) is 1. The van der Waals surface area contributed by atoms with Gasteiger partial charge in [0.2, 0.25) is 21.8 Å². The lowest BCUT2D eigenvalue weighted by atomic mass is 10.0. The van der Waals surface area contributed by atoms with E-state index in [9.17, 15) is 18.0 Å². The summed E-state index contributed by atoms with van der Waals surface area (Å²) in [4.78, 5) is 28.7. The second-order valence-corrected chi connectivity index (χ2v) is 11.1. The van der Waals surface area contributed by atoms with Crippen molar-refractivity contribution in [2.45, 2.75) is 39.8 Å². The molecule has 0 aliphatic rings. The molecule has 0 aliphatic heterocycles. The van der Waals surface area contributed by atoms with Crippen LogP contribution < -0.4 is 9.62 Å². The predicted octanol–water partition coefficient (Wildman–Crippen LogP) is 3.85. The minimum absolute atomic E-state index is 0.167. The molecule has 1 N–H and O–H groups in total. The molecular weight excluding hydrogens is 486 g/mol. The Morgan fingerprint density at radius 1 is 0.865 bits per heavy atom. The standard InChI is InChI=1S/C29H35N3O4S/c1-5-30-29(34)27(19-24-11-7-6-8-12-24)31(20-25-13-9-10-23(3)18-25)28(33)21-32(37(4,35)36)26-16-14-22(2)15-17-26/h6-18,27H,5,19-21H2,1-4H3,(H,30,34). The Balaban J connectivity index is 2.03. The average Bonchev–Trinajstić information content (AvgIpc) is 2.85. The molecule has 0 aliphatic carbocycles. The summed E-state index contributed by atoms with van der Waals surface area (Å²) in [6.45, 7) is 5.86. The smallest absolute Gasteiger partial charge is 0.244 e. The number of amides is 2. The second-order valence-electron chi connectivity index (χ2n) is 9.22. The van der Waals surface area contributed by atoms with Crippen LogP contribution in [0.4, 0.5) is 5.69 Å². The predicted molar refractivity (Wildman–Crippen MR) is 148 cm³/mol. The number of benzene rings is 3. The van der Waals surface area contributed by atoms with Crippen molar-refractivity contribution in [3.8, 4) is 0 Å². The normalized spacial score (nSPS) is 12.0. The summed E-state index contributed by atoms with van der Waals surface area (Å²) in [5.41, 5.74) is 4.16. The van der Waals surface area contributed by atoms with Crippen molar-refractivity contribution in [1.29, 1.82) is 0 Å². The molecule has 0 aromatic heterocycles. The molecule has 37 heavy (non-hydrogen) atoms. The van der Waals surface area contributed by atoms with E-state index in [2.05, 4.69) is 5.32 Å². The van der Waals surface area contributed by atoms with Crippen molar-refractivity contribution >= 4 is 27.5 Å². The zero-order valence-corrected chi connectivity index (χ0v) is 22.7. The summed E-state index contributed by atoms with van der Waals surface area (Å²) < 4.78 is 26.6. The van der Waals surface area contributed by atoms with E-state index in [-0.39, 0.29) is 12.5 Å². The first-order valence-corrected chi connectivity index (χ1v) is 14.1. The summed E-state index contributed by atoms with van der Waals surface area (Å²) in [5, 5.41) is 2.86. The van der Waals surface area contributed by atoms with Gasteiger partial charge in [0.25, 0.3) is 0 Å². The van der Waals surface area contributed by atoms with Gasteiger partial charge >= 0.3 is 0 Å². The van der Waals surface area contributed by atoms with Crippen LogP contribution in [0.15, 0.2) is 78.9 Å². The Morgan fingerprint density at radius 3 is 2.11 bits per heavy atom. The Labute approximate surface area is 220 Å². The van der Waals surface area contributed by atoms with Gasteiger partial charge in [0, 0.05) is 19.5 Å². The molecule has 0 radical (unpaired) electrons. The van der Waals surface area contributed by atoms with Gasteiger partial charge in [-0.3, -0.25) is 13.9 Å². The van der Waals surface area contributed by atoms with Crippen LogP contribution in [0, 0.1) is 13.8 Å². The van der Waals surface area contributed by atoms with Crippen LogP contribution in [-0.2, 0) is 32.6 Å². The Bertz CT molecular complexity index is 1310. The molecule has 0 saturated carbocycles. The van der Waals surface area contributed by atoms with Gasteiger partial charge in [-0.2, -0.15) is 0 Å². The lowest BCUT2D eigenvalue weighted by Gasteiger charge is -2.33. The van der Waals surface area contributed by atoms with Crippen LogP contribution in [-0.4, -0.2) is 50.5 Å². The molecule has 2 amide bonds. The average molecular weight is 522 g/mol. The molecule has 1 unspecified atom stereocenters. The van der Waals surface area contributed by atoms with Gasteiger partial charge < -0.3 is 10.2 Å². The van der Waals surface area contributed by atoms with E-state index in [4.69, 9.17) is 0 Å².